The summed E-state index contributed by atoms with van der Waals surface area (Å²) >= 11 is 6.16. The van der Waals surface area contributed by atoms with Gasteiger partial charge < -0.3 is 10.1 Å². The predicted molar refractivity (Wildman–Crippen MR) is 100 cm³/mol. The highest BCUT2D eigenvalue weighted by molar-refractivity contribution is 6.32. The van der Waals surface area contributed by atoms with Crippen molar-refractivity contribution in [3.63, 3.8) is 0 Å². The van der Waals surface area contributed by atoms with Crippen LogP contribution >= 0.6 is 11.6 Å². The van der Waals surface area contributed by atoms with Crippen LogP contribution < -0.4 is 10.1 Å². The standard InChI is InChI=1S/C20H23ClN2O2/c1-15(24)22-17-9-11-23(12-10-17)14-16-5-4-6-18(13-16)25-20-8-3-2-7-19(20)21/h2-8,13,17H,9-12,14H2,1H3,(H,22,24). The minimum Gasteiger partial charge on any atom is -0.456 e. The molecule has 1 aliphatic rings. The van der Waals surface area contributed by atoms with Crippen LogP contribution in [0.3, 0.4) is 0 Å². The summed E-state index contributed by atoms with van der Waals surface area (Å²) in [5, 5.41) is 3.61. The normalized spacial score (nSPS) is 15.8. The molecule has 4 nitrogen and oxygen atoms in total. The van der Waals surface area contributed by atoms with Crippen LogP contribution in [-0.4, -0.2) is 29.9 Å². The van der Waals surface area contributed by atoms with E-state index in [0.29, 0.717) is 16.8 Å². The molecule has 1 N–H and O–H groups in total. The Bertz CT molecular complexity index is 727. The molecule has 0 aliphatic carbocycles. The Morgan fingerprint density at radius 2 is 1.96 bits per heavy atom. The third-order valence-electron chi connectivity index (χ3n) is 4.36. The molecule has 25 heavy (non-hydrogen) atoms. The van der Waals surface area contributed by atoms with Crippen molar-refractivity contribution in [1.29, 1.82) is 0 Å². The molecule has 0 radical (unpaired) electrons. The number of ether oxygens (including phenoxy) is 1. The number of hydrogen-bond donors (Lipinski definition) is 1. The van der Waals surface area contributed by atoms with E-state index in [1.54, 1.807) is 6.92 Å². The molecule has 1 amide bonds. The molecule has 2 aromatic carbocycles. The zero-order valence-electron chi connectivity index (χ0n) is 14.4. The Labute approximate surface area is 153 Å². The average Bonchev–Trinajstić information content (AvgIpc) is 2.59. The summed E-state index contributed by atoms with van der Waals surface area (Å²) in [5.41, 5.74) is 1.21. The molecular weight excluding hydrogens is 336 g/mol. The van der Waals surface area contributed by atoms with Gasteiger partial charge in [0, 0.05) is 32.6 Å². The molecule has 0 aromatic heterocycles. The second-order valence-corrected chi connectivity index (χ2v) is 6.84. The van der Waals surface area contributed by atoms with Crippen molar-refractivity contribution >= 4 is 17.5 Å². The molecule has 3 rings (SSSR count). The van der Waals surface area contributed by atoms with Crippen molar-refractivity contribution in [2.45, 2.75) is 32.4 Å². The third-order valence-corrected chi connectivity index (χ3v) is 4.68. The van der Waals surface area contributed by atoms with Gasteiger partial charge in [-0.3, -0.25) is 9.69 Å². The summed E-state index contributed by atoms with van der Waals surface area (Å²) in [4.78, 5) is 13.6. The smallest absolute Gasteiger partial charge is 0.217 e. The molecule has 0 saturated carbocycles. The van der Waals surface area contributed by atoms with E-state index >= 15 is 0 Å². The van der Waals surface area contributed by atoms with E-state index < -0.39 is 0 Å². The van der Waals surface area contributed by atoms with Gasteiger partial charge in [0.05, 0.1) is 5.02 Å². The Morgan fingerprint density at radius 1 is 1.20 bits per heavy atom. The highest BCUT2D eigenvalue weighted by Gasteiger charge is 2.19. The van der Waals surface area contributed by atoms with Gasteiger partial charge in [-0.1, -0.05) is 35.9 Å². The first kappa shape index (κ1) is 17.8. The summed E-state index contributed by atoms with van der Waals surface area (Å²) in [6, 6.07) is 15.9. The van der Waals surface area contributed by atoms with E-state index in [4.69, 9.17) is 16.3 Å². The number of hydrogen-bond acceptors (Lipinski definition) is 3. The molecule has 0 atom stereocenters. The Kier molecular flexibility index (Phi) is 5.95. The highest BCUT2D eigenvalue weighted by atomic mass is 35.5. The molecule has 0 spiro atoms. The number of carbonyl (C=O) groups is 1. The number of halogens is 1. The summed E-state index contributed by atoms with van der Waals surface area (Å²) in [5.74, 6) is 1.51. The highest BCUT2D eigenvalue weighted by Crippen LogP contribution is 2.29. The van der Waals surface area contributed by atoms with Crippen molar-refractivity contribution in [2.75, 3.05) is 13.1 Å². The zero-order valence-corrected chi connectivity index (χ0v) is 15.1. The van der Waals surface area contributed by atoms with Crippen LogP contribution in [0.15, 0.2) is 48.5 Å². The van der Waals surface area contributed by atoms with Crippen molar-refractivity contribution in [2.24, 2.45) is 0 Å². The van der Waals surface area contributed by atoms with E-state index in [9.17, 15) is 4.79 Å². The lowest BCUT2D eigenvalue weighted by Crippen LogP contribution is -2.43. The van der Waals surface area contributed by atoms with Gasteiger partial charge in [0.1, 0.15) is 11.5 Å². The lowest BCUT2D eigenvalue weighted by Gasteiger charge is -2.32. The van der Waals surface area contributed by atoms with Gasteiger partial charge in [0.15, 0.2) is 0 Å². The van der Waals surface area contributed by atoms with Gasteiger partial charge in [-0.15, -0.1) is 0 Å². The number of rotatable bonds is 5. The third kappa shape index (κ3) is 5.21. The van der Waals surface area contributed by atoms with Crippen molar-refractivity contribution < 1.29 is 9.53 Å². The van der Waals surface area contributed by atoms with Crippen LogP contribution in [0.5, 0.6) is 11.5 Å². The van der Waals surface area contributed by atoms with E-state index in [-0.39, 0.29) is 5.91 Å². The zero-order chi connectivity index (χ0) is 17.6. The maximum Gasteiger partial charge on any atom is 0.217 e. The maximum atomic E-state index is 11.1. The lowest BCUT2D eigenvalue weighted by molar-refractivity contribution is -0.119. The number of carbonyl (C=O) groups excluding carboxylic acids is 1. The van der Waals surface area contributed by atoms with E-state index in [1.165, 1.54) is 5.56 Å². The van der Waals surface area contributed by atoms with Crippen LogP contribution in [-0.2, 0) is 11.3 Å². The van der Waals surface area contributed by atoms with Crippen LogP contribution in [0.25, 0.3) is 0 Å². The fraction of sp³-hybridized carbons (Fsp3) is 0.350. The monoisotopic (exact) mass is 358 g/mol. The first-order valence-corrected chi connectivity index (χ1v) is 8.99. The summed E-state index contributed by atoms with van der Waals surface area (Å²) in [7, 11) is 0. The van der Waals surface area contributed by atoms with E-state index in [2.05, 4.69) is 22.3 Å². The van der Waals surface area contributed by atoms with E-state index in [0.717, 1.165) is 38.2 Å². The number of benzene rings is 2. The van der Waals surface area contributed by atoms with Gasteiger partial charge in [0.25, 0.3) is 0 Å². The molecule has 0 unspecified atom stereocenters. The van der Waals surface area contributed by atoms with Gasteiger partial charge in [-0.05, 0) is 42.7 Å². The second-order valence-electron chi connectivity index (χ2n) is 6.43. The number of para-hydroxylation sites is 1. The predicted octanol–water partition coefficient (Wildman–Crippen LogP) is 4.23. The number of likely N-dealkylation sites (tertiary alicyclic amines) is 1. The van der Waals surface area contributed by atoms with Gasteiger partial charge in [-0.2, -0.15) is 0 Å². The molecular formula is C20H23ClN2O2. The SMILES string of the molecule is CC(=O)NC1CCN(Cc2cccc(Oc3ccccc3Cl)c2)CC1. The minimum absolute atomic E-state index is 0.0582. The van der Waals surface area contributed by atoms with Crippen LogP contribution in [0.2, 0.25) is 5.02 Å². The van der Waals surface area contributed by atoms with Crippen molar-refractivity contribution in [3.05, 3.63) is 59.1 Å². The van der Waals surface area contributed by atoms with Crippen LogP contribution in [0.1, 0.15) is 25.3 Å². The Balaban J connectivity index is 1.57. The van der Waals surface area contributed by atoms with Crippen molar-refractivity contribution in [3.8, 4) is 11.5 Å². The number of nitrogens with one attached hydrogen (secondary N) is 1. The van der Waals surface area contributed by atoms with E-state index in [1.807, 2.05) is 36.4 Å². The number of nitrogens with zero attached hydrogens (tertiary/aromatic N) is 1. The number of amides is 1. The minimum atomic E-state index is 0.0582. The molecule has 0 bridgehead atoms. The number of piperidine rings is 1. The first-order valence-electron chi connectivity index (χ1n) is 8.61. The molecule has 1 fully saturated rings. The summed E-state index contributed by atoms with van der Waals surface area (Å²) in [6.07, 6.45) is 1.99. The molecule has 132 valence electrons. The lowest BCUT2D eigenvalue weighted by atomic mass is 10.0. The summed E-state index contributed by atoms with van der Waals surface area (Å²) < 4.78 is 5.90. The quantitative estimate of drug-likeness (QED) is 0.869. The maximum absolute atomic E-state index is 11.1. The van der Waals surface area contributed by atoms with Crippen LogP contribution in [0.4, 0.5) is 0 Å². The largest absolute Gasteiger partial charge is 0.456 e. The van der Waals surface area contributed by atoms with Gasteiger partial charge >= 0.3 is 0 Å². The van der Waals surface area contributed by atoms with Crippen LogP contribution in [0, 0.1) is 0 Å². The van der Waals surface area contributed by atoms with Gasteiger partial charge in [0.2, 0.25) is 5.91 Å². The molecule has 1 aliphatic heterocycles. The molecule has 1 heterocycles. The Morgan fingerprint density at radius 3 is 2.68 bits per heavy atom. The average molecular weight is 359 g/mol. The molecule has 5 heteroatoms. The fourth-order valence-corrected chi connectivity index (χ4v) is 3.32. The summed E-state index contributed by atoms with van der Waals surface area (Å²) in [6.45, 7) is 4.43. The second kappa shape index (κ2) is 8.37. The Hall–Kier alpha value is -2.04. The van der Waals surface area contributed by atoms with Crippen molar-refractivity contribution in [1.82, 2.24) is 10.2 Å². The first-order chi connectivity index (χ1) is 12.1. The van der Waals surface area contributed by atoms with Gasteiger partial charge in [-0.25, -0.2) is 0 Å². The molecule has 2 aromatic rings. The topological polar surface area (TPSA) is 41.6 Å². The molecule has 1 saturated heterocycles. The fourth-order valence-electron chi connectivity index (χ4n) is 3.14.